The lowest BCUT2D eigenvalue weighted by atomic mass is 9.75. The van der Waals surface area contributed by atoms with Gasteiger partial charge in [0.05, 0.1) is 11.4 Å². The predicted octanol–water partition coefficient (Wildman–Crippen LogP) is 3.62. The zero-order chi connectivity index (χ0) is 13.0. The number of para-hydroxylation sites is 1. The summed E-state index contributed by atoms with van der Waals surface area (Å²) in [5, 5.41) is 0. The van der Waals surface area contributed by atoms with Gasteiger partial charge in [-0.25, -0.2) is 0 Å². The Kier molecular flexibility index (Phi) is 2.54. The lowest BCUT2D eigenvalue weighted by Gasteiger charge is -2.40. The normalized spacial score (nSPS) is 32.2. The van der Waals surface area contributed by atoms with Crippen LogP contribution in [0.3, 0.4) is 0 Å². The highest BCUT2D eigenvalue weighted by atomic mass is 15.3. The van der Waals surface area contributed by atoms with E-state index in [0.29, 0.717) is 0 Å². The SMILES string of the molecule is CCC1CC[C@H]2[C@@H](C1)c1cccc3c1N2CCN3C. The van der Waals surface area contributed by atoms with Gasteiger partial charge in [0.2, 0.25) is 0 Å². The van der Waals surface area contributed by atoms with Gasteiger partial charge in [0, 0.05) is 32.1 Å². The van der Waals surface area contributed by atoms with Crippen molar-refractivity contribution in [1.29, 1.82) is 0 Å². The smallest absolute Gasteiger partial charge is 0.0643 e. The predicted molar refractivity (Wildman–Crippen MR) is 81.2 cm³/mol. The Balaban J connectivity index is 1.79. The Morgan fingerprint density at radius 2 is 2.11 bits per heavy atom. The molecule has 2 heterocycles. The van der Waals surface area contributed by atoms with Crippen molar-refractivity contribution in [3.05, 3.63) is 23.8 Å². The van der Waals surface area contributed by atoms with Gasteiger partial charge < -0.3 is 9.80 Å². The molecular formula is C17H24N2. The first-order valence-electron chi connectivity index (χ1n) is 7.90. The number of hydrogen-bond donors (Lipinski definition) is 0. The van der Waals surface area contributed by atoms with Crippen LogP contribution in [-0.2, 0) is 0 Å². The molecule has 0 spiro atoms. The minimum Gasteiger partial charge on any atom is -0.371 e. The van der Waals surface area contributed by atoms with E-state index in [-0.39, 0.29) is 0 Å². The third kappa shape index (κ3) is 1.55. The second-order valence-electron chi connectivity index (χ2n) is 6.59. The lowest BCUT2D eigenvalue weighted by Crippen LogP contribution is -2.44. The largest absolute Gasteiger partial charge is 0.371 e. The van der Waals surface area contributed by atoms with Gasteiger partial charge in [-0.1, -0.05) is 25.5 Å². The van der Waals surface area contributed by atoms with E-state index in [4.69, 9.17) is 0 Å². The summed E-state index contributed by atoms with van der Waals surface area (Å²) in [7, 11) is 2.24. The average molecular weight is 256 g/mol. The van der Waals surface area contributed by atoms with Crippen LogP contribution in [0.15, 0.2) is 18.2 Å². The molecule has 4 rings (SSSR count). The van der Waals surface area contributed by atoms with E-state index < -0.39 is 0 Å². The number of anilines is 2. The van der Waals surface area contributed by atoms with Crippen LogP contribution in [-0.4, -0.2) is 26.2 Å². The minimum atomic E-state index is 0.799. The van der Waals surface area contributed by atoms with Crippen molar-refractivity contribution in [3.8, 4) is 0 Å². The van der Waals surface area contributed by atoms with Crippen LogP contribution in [0.25, 0.3) is 0 Å². The van der Waals surface area contributed by atoms with Crippen molar-refractivity contribution in [2.24, 2.45) is 5.92 Å². The number of nitrogens with zero attached hydrogens (tertiary/aromatic N) is 2. The number of hydrogen-bond acceptors (Lipinski definition) is 2. The fraction of sp³-hybridized carbons (Fsp3) is 0.647. The molecule has 0 aromatic heterocycles. The standard InChI is InChI=1S/C17H24N2/c1-3-12-7-8-15-14(11-12)13-5-4-6-16-17(13)19(15)10-9-18(16)2/h4-6,12,14-15H,3,7-11H2,1-2H3/t12?,14-,15-/m0/s1. The van der Waals surface area contributed by atoms with Gasteiger partial charge in [-0.15, -0.1) is 0 Å². The molecule has 102 valence electrons. The monoisotopic (exact) mass is 256 g/mol. The van der Waals surface area contributed by atoms with Crippen LogP contribution in [0.5, 0.6) is 0 Å². The first-order chi connectivity index (χ1) is 9.29. The maximum Gasteiger partial charge on any atom is 0.0643 e. The van der Waals surface area contributed by atoms with Crippen molar-refractivity contribution >= 4 is 11.4 Å². The second kappa shape index (κ2) is 4.16. The van der Waals surface area contributed by atoms with Gasteiger partial charge in [0.1, 0.15) is 0 Å². The summed E-state index contributed by atoms with van der Waals surface area (Å²) in [6.07, 6.45) is 5.62. The van der Waals surface area contributed by atoms with Crippen LogP contribution < -0.4 is 9.80 Å². The molecule has 0 amide bonds. The Morgan fingerprint density at radius 1 is 1.21 bits per heavy atom. The van der Waals surface area contributed by atoms with E-state index in [1.807, 2.05) is 0 Å². The molecular weight excluding hydrogens is 232 g/mol. The molecule has 1 aromatic carbocycles. The topological polar surface area (TPSA) is 6.48 Å². The molecule has 3 atom stereocenters. The molecule has 1 aliphatic carbocycles. The van der Waals surface area contributed by atoms with E-state index in [0.717, 1.165) is 17.9 Å². The summed E-state index contributed by atoms with van der Waals surface area (Å²) in [6, 6.07) is 7.77. The minimum absolute atomic E-state index is 0.799. The highest BCUT2D eigenvalue weighted by Crippen LogP contribution is 2.53. The first-order valence-corrected chi connectivity index (χ1v) is 7.90. The van der Waals surface area contributed by atoms with Crippen LogP contribution in [0.2, 0.25) is 0 Å². The zero-order valence-electron chi connectivity index (χ0n) is 12.1. The van der Waals surface area contributed by atoms with Gasteiger partial charge in [-0.05, 0) is 36.8 Å². The summed E-state index contributed by atoms with van der Waals surface area (Å²) < 4.78 is 0. The van der Waals surface area contributed by atoms with E-state index in [1.54, 1.807) is 11.3 Å². The maximum atomic E-state index is 2.74. The fourth-order valence-electron chi connectivity index (χ4n) is 4.61. The number of likely N-dealkylation sites (N-methyl/N-ethyl adjacent to an activating group) is 1. The van der Waals surface area contributed by atoms with Gasteiger partial charge in [-0.3, -0.25) is 0 Å². The maximum absolute atomic E-state index is 2.74. The molecule has 2 aliphatic heterocycles. The molecule has 0 N–H and O–H groups in total. The van der Waals surface area contributed by atoms with Crippen LogP contribution in [0.4, 0.5) is 11.4 Å². The number of fused-ring (bicyclic) bond motifs is 3. The van der Waals surface area contributed by atoms with Crippen molar-refractivity contribution < 1.29 is 0 Å². The molecule has 0 radical (unpaired) electrons. The Bertz CT molecular complexity index is 496. The number of benzene rings is 1. The fourth-order valence-corrected chi connectivity index (χ4v) is 4.61. The van der Waals surface area contributed by atoms with Crippen molar-refractivity contribution in [2.75, 3.05) is 29.9 Å². The Hall–Kier alpha value is -1.18. The third-order valence-electron chi connectivity index (χ3n) is 5.72. The first kappa shape index (κ1) is 11.6. The molecule has 1 fully saturated rings. The average Bonchev–Trinajstić information content (AvgIpc) is 2.78. The summed E-state index contributed by atoms with van der Waals surface area (Å²) in [4.78, 5) is 5.17. The molecule has 2 nitrogen and oxygen atoms in total. The molecule has 3 aliphatic rings. The molecule has 0 saturated heterocycles. The van der Waals surface area contributed by atoms with Gasteiger partial charge in [-0.2, -0.15) is 0 Å². The second-order valence-corrected chi connectivity index (χ2v) is 6.59. The molecule has 0 bridgehead atoms. The van der Waals surface area contributed by atoms with E-state index in [2.05, 4.69) is 42.0 Å². The van der Waals surface area contributed by atoms with Crippen molar-refractivity contribution in [1.82, 2.24) is 0 Å². The summed E-state index contributed by atoms with van der Waals surface area (Å²) in [5.41, 5.74) is 4.68. The molecule has 19 heavy (non-hydrogen) atoms. The Labute approximate surface area is 116 Å². The Morgan fingerprint density at radius 3 is 2.95 bits per heavy atom. The quantitative estimate of drug-likeness (QED) is 0.757. The van der Waals surface area contributed by atoms with Crippen LogP contribution in [0, 0.1) is 5.92 Å². The summed E-state index contributed by atoms with van der Waals surface area (Å²) in [6.45, 7) is 4.76. The zero-order valence-corrected chi connectivity index (χ0v) is 12.1. The summed E-state index contributed by atoms with van der Waals surface area (Å²) >= 11 is 0. The highest BCUT2D eigenvalue weighted by molar-refractivity contribution is 5.80. The van der Waals surface area contributed by atoms with E-state index in [9.17, 15) is 0 Å². The van der Waals surface area contributed by atoms with Gasteiger partial charge >= 0.3 is 0 Å². The van der Waals surface area contributed by atoms with Crippen LogP contribution in [0.1, 0.15) is 44.1 Å². The third-order valence-corrected chi connectivity index (χ3v) is 5.72. The van der Waals surface area contributed by atoms with E-state index >= 15 is 0 Å². The lowest BCUT2D eigenvalue weighted by molar-refractivity contribution is 0.286. The molecule has 1 unspecified atom stereocenters. The van der Waals surface area contributed by atoms with Gasteiger partial charge in [0.25, 0.3) is 0 Å². The van der Waals surface area contributed by atoms with E-state index in [1.165, 1.54) is 44.5 Å². The number of rotatable bonds is 1. The summed E-state index contributed by atoms with van der Waals surface area (Å²) in [5.74, 6) is 1.76. The van der Waals surface area contributed by atoms with Crippen molar-refractivity contribution in [2.45, 2.75) is 44.6 Å². The highest BCUT2D eigenvalue weighted by Gasteiger charge is 2.44. The molecule has 1 saturated carbocycles. The van der Waals surface area contributed by atoms with Gasteiger partial charge in [0.15, 0.2) is 0 Å². The van der Waals surface area contributed by atoms with Crippen LogP contribution >= 0.6 is 0 Å². The molecule has 2 heteroatoms. The molecule has 1 aromatic rings. The van der Waals surface area contributed by atoms with Crippen molar-refractivity contribution in [3.63, 3.8) is 0 Å².